The first-order valence-corrected chi connectivity index (χ1v) is 12.6. The Morgan fingerprint density at radius 2 is 1.74 bits per heavy atom. The van der Waals surface area contributed by atoms with E-state index in [0.29, 0.717) is 28.8 Å². The number of aromatic nitrogens is 4. The Labute approximate surface area is 220 Å². The topological polar surface area (TPSA) is 90.4 Å². The molecule has 196 valence electrons. The van der Waals surface area contributed by atoms with E-state index in [4.69, 9.17) is 23.6 Å². The summed E-state index contributed by atoms with van der Waals surface area (Å²) >= 11 is 0. The van der Waals surface area contributed by atoms with E-state index in [1.807, 2.05) is 52.9 Å². The number of benzene rings is 2. The first kappa shape index (κ1) is 24.1. The number of methoxy groups -OCH3 is 3. The molecule has 38 heavy (non-hydrogen) atoms. The lowest BCUT2D eigenvalue weighted by molar-refractivity contribution is 0.179. The molecule has 1 atom stereocenters. The first-order chi connectivity index (χ1) is 18.6. The van der Waals surface area contributed by atoms with Crippen LogP contribution >= 0.6 is 0 Å². The maximum Gasteiger partial charge on any atom is 0.213 e. The minimum Gasteiger partial charge on any atom is -0.493 e. The lowest BCUT2D eigenvalue weighted by Crippen LogP contribution is -2.52. The monoisotopic (exact) mass is 514 g/mol. The Balaban J connectivity index is 1.32. The van der Waals surface area contributed by atoms with Crippen LogP contribution in [0.2, 0.25) is 0 Å². The van der Waals surface area contributed by atoms with Gasteiger partial charge in [0.25, 0.3) is 0 Å². The summed E-state index contributed by atoms with van der Waals surface area (Å²) in [7, 11) is 4.90. The molecular weight excluding hydrogens is 484 g/mol. The zero-order valence-corrected chi connectivity index (χ0v) is 21.9. The molecule has 2 aromatic carbocycles. The average Bonchev–Trinajstić information content (AvgIpc) is 3.63. The standard InChI is InChI=1S/C28H30N6O4/c1-18-16-33(12-11-32(18)17-19-14-23(35-2)25(37-4)24(15-19)36-3)28-29-21-9-6-5-8-20(21)26-30-31-27(34(26)28)22-10-7-13-38-22/h5-10,13-15,18H,11-12,16-17H2,1-4H3. The van der Waals surface area contributed by atoms with Crippen molar-refractivity contribution >= 4 is 22.5 Å². The van der Waals surface area contributed by atoms with Crippen LogP contribution in [0.1, 0.15) is 12.5 Å². The molecule has 6 rings (SSSR count). The molecule has 1 aliphatic rings. The minimum absolute atomic E-state index is 0.259. The third-order valence-electron chi connectivity index (χ3n) is 7.13. The molecular formula is C28H30N6O4. The zero-order chi connectivity index (χ0) is 26.2. The Hall–Kier alpha value is -4.31. The van der Waals surface area contributed by atoms with Crippen LogP contribution in [0.5, 0.6) is 17.2 Å². The van der Waals surface area contributed by atoms with Gasteiger partial charge in [-0.05, 0) is 48.9 Å². The normalized spacial score (nSPS) is 16.3. The van der Waals surface area contributed by atoms with Crippen molar-refractivity contribution in [3.8, 4) is 28.8 Å². The fourth-order valence-corrected chi connectivity index (χ4v) is 5.22. The molecule has 1 saturated heterocycles. The molecule has 0 saturated carbocycles. The van der Waals surface area contributed by atoms with Crippen molar-refractivity contribution in [3.63, 3.8) is 0 Å². The van der Waals surface area contributed by atoms with Gasteiger partial charge in [-0.1, -0.05) is 12.1 Å². The van der Waals surface area contributed by atoms with Gasteiger partial charge in [0.2, 0.25) is 17.5 Å². The summed E-state index contributed by atoms with van der Waals surface area (Å²) in [5.41, 5.74) is 2.76. The van der Waals surface area contributed by atoms with Crippen LogP contribution in [-0.2, 0) is 6.54 Å². The van der Waals surface area contributed by atoms with Crippen molar-refractivity contribution in [1.82, 2.24) is 24.5 Å². The minimum atomic E-state index is 0.259. The molecule has 1 aliphatic heterocycles. The predicted molar refractivity (Wildman–Crippen MR) is 144 cm³/mol. The number of nitrogens with zero attached hydrogens (tertiary/aromatic N) is 6. The summed E-state index contributed by atoms with van der Waals surface area (Å²) in [4.78, 5) is 9.84. The molecule has 0 radical (unpaired) electrons. The van der Waals surface area contributed by atoms with E-state index in [1.165, 1.54) is 0 Å². The van der Waals surface area contributed by atoms with Gasteiger partial charge in [-0.15, -0.1) is 10.2 Å². The number of rotatable bonds is 7. The molecule has 0 aliphatic carbocycles. The highest BCUT2D eigenvalue weighted by Gasteiger charge is 2.29. The highest BCUT2D eigenvalue weighted by atomic mass is 16.5. The van der Waals surface area contributed by atoms with Gasteiger partial charge >= 0.3 is 0 Å². The highest BCUT2D eigenvalue weighted by Crippen LogP contribution is 2.39. The summed E-state index contributed by atoms with van der Waals surface area (Å²) in [6.07, 6.45) is 1.65. The Kier molecular flexibility index (Phi) is 6.24. The summed E-state index contributed by atoms with van der Waals surface area (Å²) in [5.74, 6) is 4.04. The summed E-state index contributed by atoms with van der Waals surface area (Å²) < 4.78 is 24.3. The van der Waals surface area contributed by atoms with Crippen molar-refractivity contribution in [2.45, 2.75) is 19.5 Å². The van der Waals surface area contributed by atoms with Gasteiger partial charge < -0.3 is 23.5 Å². The second-order valence-corrected chi connectivity index (χ2v) is 9.39. The third-order valence-corrected chi connectivity index (χ3v) is 7.13. The van der Waals surface area contributed by atoms with Crippen molar-refractivity contribution < 1.29 is 18.6 Å². The van der Waals surface area contributed by atoms with Crippen molar-refractivity contribution in [2.75, 3.05) is 45.9 Å². The van der Waals surface area contributed by atoms with Crippen molar-refractivity contribution in [3.05, 3.63) is 60.4 Å². The van der Waals surface area contributed by atoms with Gasteiger partial charge in [0.1, 0.15) is 0 Å². The molecule has 0 N–H and O–H groups in total. The number of hydrogen-bond donors (Lipinski definition) is 0. The van der Waals surface area contributed by atoms with Crippen molar-refractivity contribution in [1.29, 1.82) is 0 Å². The molecule has 0 spiro atoms. The highest BCUT2D eigenvalue weighted by molar-refractivity contribution is 5.93. The SMILES string of the molecule is COc1cc(CN2CCN(c3nc4ccccc4c4nnc(-c5ccco5)n34)CC2C)cc(OC)c1OC. The van der Waals surface area contributed by atoms with E-state index in [1.54, 1.807) is 27.6 Å². The van der Waals surface area contributed by atoms with Crippen LogP contribution in [0.4, 0.5) is 5.95 Å². The van der Waals surface area contributed by atoms with E-state index in [-0.39, 0.29) is 6.04 Å². The molecule has 1 unspecified atom stereocenters. The predicted octanol–water partition coefficient (Wildman–Crippen LogP) is 4.27. The largest absolute Gasteiger partial charge is 0.493 e. The van der Waals surface area contributed by atoms with Crippen LogP contribution in [0, 0.1) is 0 Å². The second kappa shape index (κ2) is 9.86. The number of anilines is 1. The van der Waals surface area contributed by atoms with E-state index in [2.05, 4.69) is 26.9 Å². The molecule has 10 nitrogen and oxygen atoms in total. The van der Waals surface area contributed by atoms with E-state index >= 15 is 0 Å². The lowest BCUT2D eigenvalue weighted by Gasteiger charge is -2.40. The first-order valence-electron chi connectivity index (χ1n) is 12.6. The van der Waals surface area contributed by atoms with Gasteiger partial charge in [0.15, 0.2) is 22.9 Å². The number of para-hydroxylation sites is 1. The number of furan rings is 1. The van der Waals surface area contributed by atoms with Crippen LogP contribution in [0.25, 0.3) is 28.1 Å². The van der Waals surface area contributed by atoms with Gasteiger partial charge in [-0.2, -0.15) is 0 Å². The smallest absolute Gasteiger partial charge is 0.213 e. The molecule has 0 amide bonds. The quantitative estimate of drug-likeness (QED) is 0.316. The molecule has 1 fully saturated rings. The molecule has 0 bridgehead atoms. The molecule has 4 heterocycles. The second-order valence-electron chi connectivity index (χ2n) is 9.39. The van der Waals surface area contributed by atoms with Gasteiger partial charge in [-0.25, -0.2) is 9.38 Å². The Bertz CT molecular complexity index is 1560. The fraction of sp³-hybridized carbons (Fsp3) is 0.321. The lowest BCUT2D eigenvalue weighted by atomic mass is 10.1. The fourth-order valence-electron chi connectivity index (χ4n) is 5.22. The maximum absolute atomic E-state index is 5.69. The average molecular weight is 515 g/mol. The van der Waals surface area contributed by atoms with Crippen LogP contribution in [0.3, 0.4) is 0 Å². The summed E-state index contributed by atoms with van der Waals surface area (Å²) in [6.45, 7) is 5.44. The van der Waals surface area contributed by atoms with E-state index < -0.39 is 0 Å². The Morgan fingerprint density at radius 1 is 0.947 bits per heavy atom. The summed E-state index contributed by atoms with van der Waals surface area (Å²) in [6, 6.07) is 16.1. The van der Waals surface area contributed by atoms with Crippen LogP contribution < -0.4 is 19.1 Å². The maximum atomic E-state index is 5.69. The van der Waals surface area contributed by atoms with Crippen LogP contribution in [0.15, 0.2) is 59.2 Å². The zero-order valence-electron chi connectivity index (χ0n) is 21.9. The number of piperazine rings is 1. The third kappa shape index (κ3) is 4.06. The number of fused-ring (bicyclic) bond motifs is 3. The van der Waals surface area contributed by atoms with Gasteiger partial charge in [-0.3, -0.25) is 4.90 Å². The van der Waals surface area contributed by atoms with E-state index in [0.717, 1.165) is 54.2 Å². The number of hydrogen-bond acceptors (Lipinski definition) is 9. The molecule has 3 aromatic heterocycles. The summed E-state index contributed by atoms with van der Waals surface area (Å²) in [5, 5.41) is 9.98. The Morgan fingerprint density at radius 3 is 2.42 bits per heavy atom. The van der Waals surface area contributed by atoms with E-state index in [9.17, 15) is 0 Å². The number of ether oxygens (including phenoxy) is 3. The van der Waals surface area contributed by atoms with Gasteiger partial charge in [0.05, 0.1) is 33.1 Å². The molecule has 10 heteroatoms. The van der Waals surface area contributed by atoms with Gasteiger partial charge in [0, 0.05) is 37.6 Å². The van der Waals surface area contributed by atoms with Crippen molar-refractivity contribution in [2.24, 2.45) is 0 Å². The molecule has 5 aromatic rings. The van der Waals surface area contributed by atoms with Crippen LogP contribution in [-0.4, -0.2) is 71.5 Å².